The normalized spacial score (nSPS) is 15.7. The number of rotatable bonds is 6. The van der Waals surface area contributed by atoms with Crippen molar-refractivity contribution in [2.24, 2.45) is 0 Å². The molecule has 118 valence electrons. The van der Waals surface area contributed by atoms with Crippen LogP contribution in [0.4, 0.5) is 0 Å². The van der Waals surface area contributed by atoms with Gasteiger partial charge in [0.2, 0.25) is 11.8 Å². The van der Waals surface area contributed by atoms with E-state index in [1.807, 2.05) is 10.8 Å². The molecule has 1 aliphatic rings. The zero-order chi connectivity index (χ0) is 15.6. The second-order valence-corrected chi connectivity index (χ2v) is 5.97. The summed E-state index contributed by atoms with van der Waals surface area (Å²) in [5.41, 5.74) is 2.32. The summed E-state index contributed by atoms with van der Waals surface area (Å²) in [5.74, 6) is 1.96. The molecule has 0 spiro atoms. The summed E-state index contributed by atoms with van der Waals surface area (Å²) in [6.45, 7) is 2.72. The van der Waals surface area contributed by atoms with Gasteiger partial charge in [-0.15, -0.1) is 10.2 Å². The average Bonchev–Trinajstić information content (AvgIpc) is 3.11. The highest BCUT2D eigenvalue weighted by Crippen LogP contribution is 2.38. The van der Waals surface area contributed by atoms with Crippen molar-refractivity contribution in [3.63, 3.8) is 0 Å². The van der Waals surface area contributed by atoms with Crippen LogP contribution in [0.5, 0.6) is 0 Å². The fourth-order valence-corrected chi connectivity index (χ4v) is 2.54. The van der Waals surface area contributed by atoms with Crippen LogP contribution in [0.1, 0.15) is 49.1 Å². The lowest BCUT2D eigenvalue weighted by atomic mass is 10.1. The lowest BCUT2D eigenvalue weighted by Crippen LogP contribution is -2.18. The summed E-state index contributed by atoms with van der Waals surface area (Å²) < 4.78 is 7.65. The van der Waals surface area contributed by atoms with Gasteiger partial charge in [-0.2, -0.15) is 0 Å². The molecule has 0 radical (unpaired) electrons. The van der Waals surface area contributed by atoms with Gasteiger partial charge in [-0.1, -0.05) is 12.1 Å². The Morgan fingerprint density at radius 2 is 2.09 bits per heavy atom. The van der Waals surface area contributed by atoms with Crippen molar-refractivity contribution in [3.8, 4) is 5.69 Å². The minimum Gasteiger partial charge on any atom is -0.424 e. The van der Waals surface area contributed by atoms with E-state index < -0.39 is 0 Å². The van der Waals surface area contributed by atoms with Crippen LogP contribution in [0, 0.1) is 0 Å². The molecule has 2 heterocycles. The van der Waals surface area contributed by atoms with E-state index in [2.05, 4.69) is 51.7 Å². The summed E-state index contributed by atoms with van der Waals surface area (Å²) in [6.07, 6.45) is 7.86. The van der Waals surface area contributed by atoms with Gasteiger partial charge in [-0.25, -0.2) is 4.98 Å². The smallest absolute Gasteiger partial charge is 0.230 e. The van der Waals surface area contributed by atoms with E-state index in [9.17, 15) is 0 Å². The topological polar surface area (TPSA) is 68.8 Å². The third-order valence-corrected chi connectivity index (χ3v) is 4.16. The molecule has 0 bridgehead atoms. The molecule has 4 rings (SSSR count). The molecule has 0 amide bonds. The Bertz CT molecular complexity index is 759. The van der Waals surface area contributed by atoms with Crippen LogP contribution in [0.15, 0.2) is 47.4 Å². The quantitative estimate of drug-likeness (QED) is 0.758. The summed E-state index contributed by atoms with van der Waals surface area (Å²) in [4.78, 5) is 4.07. The second-order valence-electron chi connectivity index (χ2n) is 5.97. The van der Waals surface area contributed by atoms with Gasteiger partial charge in [0.15, 0.2) is 0 Å². The van der Waals surface area contributed by atoms with Crippen molar-refractivity contribution in [2.45, 2.75) is 38.3 Å². The van der Waals surface area contributed by atoms with Gasteiger partial charge in [-0.05, 0) is 37.5 Å². The predicted molar refractivity (Wildman–Crippen MR) is 85.1 cm³/mol. The Kier molecular flexibility index (Phi) is 3.67. The van der Waals surface area contributed by atoms with Crippen LogP contribution >= 0.6 is 0 Å². The first-order valence-electron chi connectivity index (χ1n) is 7.93. The summed E-state index contributed by atoms with van der Waals surface area (Å²) in [5, 5.41) is 11.6. The Morgan fingerprint density at radius 1 is 1.26 bits per heavy atom. The molecule has 3 aromatic rings. The van der Waals surface area contributed by atoms with E-state index in [1.54, 1.807) is 12.5 Å². The van der Waals surface area contributed by atoms with E-state index >= 15 is 0 Å². The standard InChI is InChI=1S/C17H19N5O/c1-12(19-10-16-20-21-17(23-16)14-2-3-14)13-4-6-15(7-5-13)22-9-8-18-11-22/h4-9,11-12,14,19H,2-3,10H2,1H3. The zero-order valence-electron chi connectivity index (χ0n) is 13.0. The van der Waals surface area contributed by atoms with Crippen molar-refractivity contribution in [1.82, 2.24) is 25.1 Å². The number of hydrogen-bond acceptors (Lipinski definition) is 5. The fraction of sp³-hybridized carbons (Fsp3) is 0.353. The molecule has 0 aliphatic heterocycles. The molecule has 1 saturated carbocycles. The minimum absolute atomic E-state index is 0.211. The van der Waals surface area contributed by atoms with E-state index in [0.29, 0.717) is 18.4 Å². The highest BCUT2D eigenvalue weighted by molar-refractivity contribution is 5.35. The van der Waals surface area contributed by atoms with Gasteiger partial charge in [0.25, 0.3) is 0 Å². The van der Waals surface area contributed by atoms with Gasteiger partial charge >= 0.3 is 0 Å². The molecule has 23 heavy (non-hydrogen) atoms. The SMILES string of the molecule is CC(NCc1nnc(C2CC2)o1)c1ccc(-n2ccnc2)cc1. The first kappa shape index (κ1) is 14.1. The first-order chi connectivity index (χ1) is 11.3. The van der Waals surface area contributed by atoms with Gasteiger partial charge in [0.1, 0.15) is 0 Å². The average molecular weight is 309 g/mol. The largest absolute Gasteiger partial charge is 0.424 e. The lowest BCUT2D eigenvalue weighted by molar-refractivity contribution is 0.419. The number of hydrogen-bond donors (Lipinski definition) is 1. The first-order valence-corrected chi connectivity index (χ1v) is 7.93. The number of nitrogens with one attached hydrogen (secondary N) is 1. The van der Waals surface area contributed by atoms with E-state index in [0.717, 1.165) is 11.6 Å². The van der Waals surface area contributed by atoms with Crippen molar-refractivity contribution in [1.29, 1.82) is 0 Å². The third kappa shape index (κ3) is 3.17. The number of nitrogens with zero attached hydrogens (tertiary/aromatic N) is 4. The predicted octanol–water partition coefficient (Wildman–Crippen LogP) is 2.98. The Balaban J connectivity index is 1.37. The van der Waals surface area contributed by atoms with Crippen molar-refractivity contribution in [2.75, 3.05) is 0 Å². The molecule has 1 fully saturated rings. The monoisotopic (exact) mass is 309 g/mol. The molecule has 6 nitrogen and oxygen atoms in total. The summed E-state index contributed by atoms with van der Waals surface area (Å²) >= 11 is 0. The highest BCUT2D eigenvalue weighted by Gasteiger charge is 2.29. The molecule has 1 aliphatic carbocycles. The molecule has 1 N–H and O–H groups in total. The third-order valence-electron chi connectivity index (χ3n) is 4.16. The van der Waals surface area contributed by atoms with Crippen LogP contribution < -0.4 is 5.32 Å². The molecule has 0 saturated heterocycles. The molecule has 2 aromatic heterocycles. The van der Waals surface area contributed by atoms with E-state index in [1.165, 1.54) is 18.4 Å². The van der Waals surface area contributed by atoms with Crippen LogP contribution in [0.25, 0.3) is 5.69 Å². The van der Waals surface area contributed by atoms with Gasteiger partial charge < -0.3 is 14.3 Å². The maximum atomic E-state index is 5.67. The van der Waals surface area contributed by atoms with Crippen LogP contribution in [0.3, 0.4) is 0 Å². The maximum absolute atomic E-state index is 5.67. The fourth-order valence-electron chi connectivity index (χ4n) is 2.54. The Labute approximate surface area is 134 Å². The van der Waals surface area contributed by atoms with Gasteiger partial charge in [0, 0.05) is 30.0 Å². The number of benzene rings is 1. The number of imidazole rings is 1. The molecule has 1 atom stereocenters. The molecule has 6 heteroatoms. The summed E-state index contributed by atoms with van der Waals surface area (Å²) in [6, 6.07) is 8.63. The molecular formula is C17H19N5O. The van der Waals surface area contributed by atoms with Crippen molar-refractivity contribution < 1.29 is 4.42 Å². The highest BCUT2D eigenvalue weighted by atomic mass is 16.4. The summed E-state index contributed by atoms with van der Waals surface area (Å²) in [7, 11) is 0. The zero-order valence-corrected chi connectivity index (χ0v) is 13.0. The Hall–Kier alpha value is -2.47. The lowest BCUT2D eigenvalue weighted by Gasteiger charge is -2.13. The van der Waals surface area contributed by atoms with Crippen LogP contribution in [-0.2, 0) is 6.54 Å². The molecule has 1 aromatic carbocycles. The second kappa shape index (κ2) is 5.96. The van der Waals surface area contributed by atoms with Crippen LogP contribution in [-0.4, -0.2) is 19.7 Å². The van der Waals surface area contributed by atoms with Gasteiger partial charge in [0.05, 0.1) is 12.9 Å². The van der Waals surface area contributed by atoms with Crippen molar-refractivity contribution in [3.05, 3.63) is 60.3 Å². The van der Waals surface area contributed by atoms with Crippen LogP contribution in [0.2, 0.25) is 0 Å². The Morgan fingerprint density at radius 3 is 2.78 bits per heavy atom. The number of aromatic nitrogens is 4. The molecular weight excluding hydrogens is 290 g/mol. The molecule has 1 unspecified atom stereocenters. The maximum Gasteiger partial charge on any atom is 0.230 e. The van der Waals surface area contributed by atoms with Crippen molar-refractivity contribution >= 4 is 0 Å². The van der Waals surface area contributed by atoms with E-state index in [4.69, 9.17) is 4.42 Å². The van der Waals surface area contributed by atoms with Gasteiger partial charge in [-0.3, -0.25) is 0 Å². The minimum atomic E-state index is 0.211. The van der Waals surface area contributed by atoms with E-state index in [-0.39, 0.29) is 6.04 Å².